The number of aliphatic hydroxyl groups excluding tert-OH is 1. The summed E-state index contributed by atoms with van der Waals surface area (Å²) in [5, 5.41) is 9.21. The van der Waals surface area contributed by atoms with Crippen LogP contribution >= 0.6 is 11.8 Å². The Morgan fingerprint density at radius 3 is 2.41 bits per heavy atom. The van der Waals surface area contributed by atoms with E-state index in [1.54, 1.807) is 37.4 Å². The molecule has 0 aromatic heterocycles. The van der Waals surface area contributed by atoms with Gasteiger partial charge in [0.15, 0.2) is 0 Å². The molecule has 1 aliphatic heterocycles. The molecule has 2 aromatic carbocycles. The number of amides is 2. The predicted molar refractivity (Wildman–Crippen MR) is 113 cm³/mol. The summed E-state index contributed by atoms with van der Waals surface area (Å²) in [6, 6.07) is 14.4. The second-order valence-electron chi connectivity index (χ2n) is 6.24. The third-order valence-corrected chi connectivity index (χ3v) is 5.49. The fourth-order valence-corrected chi connectivity index (χ4v) is 4.00. The highest BCUT2D eigenvalue weighted by molar-refractivity contribution is 8.04. The molecule has 0 spiro atoms. The molecular formula is C22H23NO5S. The lowest BCUT2D eigenvalue weighted by Crippen LogP contribution is -2.31. The molecule has 0 saturated carbocycles. The van der Waals surface area contributed by atoms with Crippen molar-refractivity contribution in [2.75, 3.05) is 26.1 Å². The number of imide groups is 1. The number of aliphatic hydroxyl groups is 1. The second kappa shape index (κ2) is 9.62. The molecule has 1 heterocycles. The first-order valence-electron chi connectivity index (χ1n) is 9.30. The van der Waals surface area contributed by atoms with Crippen molar-refractivity contribution in [3.05, 3.63) is 64.6 Å². The van der Waals surface area contributed by atoms with Gasteiger partial charge in [0.05, 0.1) is 37.3 Å². The van der Waals surface area contributed by atoms with E-state index >= 15 is 0 Å². The van der Waals surface area contributed by atoms with E-state index in [0.29, 0.717) is 39.9 Å². The molecule has 0 aliphatic carbocycles. The van der Waals surface area contributed by atoms with Gasteiger partial charge in [0.25, 0.3) is 11.8 Å². The lowest BCUT2D eigenvalue weighted by molar-refractivity contribution is -0.137. The highest BCUT2D eigenvalue weighted by atomic mass is 32.2. The highest BCUT2D eigenvalue weighted by Crippen LogP contribution is 2.37. The number of methoxy groups -OCH3 is 1. The predicted octanol–water partition coefficient (Wildman–Crippen LogP) is 3.10. The molecule has 7 heteroatoms. The zero-order valence-electron chi connectivity index (χ0n) is 16.4. The third kappa shape index (κ3) is 4.46. The molecule has 3 rings (SSSR count). The maximum atomic E-state index is 13.2. The first-order valence-corrected chi connectivity index (χ1v) is 10.3. The molecule has 0 fully saturated rings. The van der Waals surface area contributed by atoms with Gasteiger partial charge in [-0.1, -0.05) is 30.3 Å². The summed E-state index contributed by atoms with van der Waals surface area (Å²) < 4.78 is 10.8. The van der Waals surface area contributed by atoms with Crippen molar-refractivity contribution in [3.8, 4) is 11.5 Å². The van der Waals surface area contributed by atoms with Gasteiger partial charge in [0.1, 0.15) is 11.5 Å². The van der Waals surface area contributed by atoms with Crippen LogP contribution in [-0.2, 0) is 16.1 Å². The summed E-state index contributed by atoms with van der Waals surface area (Å²) in [5.74, 6) is 0.933. The topological polar surface area (TPSA) is 76.1 Å². The van der Waals surface area contributed by atoms with E-state index in [0.717, 1.165) is 5.56 Å². The summed E-state index contributed by atoms with van der Waals surface area (Å²) >= 11 is 1.19. The van der Waals surface area contributed by atoms with Crippen LogP contribution in [0, 0.1) is 0 Å². The Morgan fingerprint density at radius 2 is 1.76 bits per heavy atom. The van der Waals surface area contributed by atoms with Gasteiger partial charge in [0, 0.05) is 11.3 Å². The van der Waals surface area contributed by atoms with Crippen LogP contribution in [0.1, 0.15) is 18.1 Å². The van der Waals surface area contributed by atoms with E-state index in [9.17, 15) is 14.7 Å². The number of hydrogen-bond acceptors (Lipinski definition) is 6. The fourth-order valence-electron chi connectivity index (χ4n) is 3.12. The quantitative estimate of drug-likeness (QED) is 0.637. The van der Waals surface area contributed by atoms with Crippen molar-refractivity contribution in [2.45, 2.75) is 13.5 Å². The zero-order valence-corrected chi connectivity index (χ0v) is 17.2. The lowest BCUT2D eigenvalue weighted by atomic mass is 10.1. The van der Waals surface area contributed by atoms with Crippen LogP contribution in [0.3, 0.4) is 0 Å². The minimum absolute atomic E-state index is 0.0846. The van der Waals surface area contributed by atoms with Crippen molar-refractivity contribution in [3.63, 3.8) is 0 Å². The van der Waals surface area contributed by atoms with E-state index < -0.39 is 0 Å². The monoisotopic (exact) mass is 413 g/mol. The second-order valence-corrected chi connectivity index (χ2v) is 7.35. The molecular weight excluding hydrogens is 390 g/mol. The van der Waals surface area contributed by atoms with Crippen LogP contribution in [0.2, 0.25) is 0 Å². The van der Waals surface area contributed by atoms with Crippen LogP contribution in [0.4, 0.5) is 0 Å². The summed E-state index contributed by atoms with van der Waals surface area (Å²) in [4.78, 5) is 27.8. The Morgan fingerprint density at radius 1 is 1.03 bits per heavy atom. The van der Waals surface area contributed by atoms with E-state index in [1.165, 1.54) is 16.7 Å². The van der Waals surface area contributed by atoms with Crippen LogP contribution in [0.25, 0.3) is 5.57 Å². The van der Waals surface area contributed by atoms with Crippen LogP contribution < -0.4 is 9.47 Å². The van der Waals surface area contributed by atoms with Gasteiger partial charge in [-0.25, -0.2) is 0 Å². The van der Waals surface area contributed by atoms with Gasteiger partial charge < -0.3 is 14.6 Å². The van der Waals surface area contributed by atoms with Crippen molar-refractivity contribution < 1.29 is 24.2 Å². The van der Waals surface area contributed by atoms with Gasteiger partial charge in [-0.05, 0) is 30.7 Å². The van der Waals surface area contributed by atoms with E-state index in [1.807, 2.05) is 25.1 Å². The summed E-state index contributed by atoms with van der Waals surface area (Å²) in [6.07, 6.45) is 0. The average molecular weight is 413 g/mol. The molecule has 1 N–H and O–H groups in total. The first kappa shape index (κ1) is 21.0. The minimum atomic E-state index is -0.358. The standard InChI is InChI=1S/C22H23NO5S/c1-3-28-17-10-8-15(9-11-17)19-20(29-13-12-24)22(26)23(21(19)25)14-16-6-4-5-7-18(16)27-2/h4-11,24H,3,12-14H2,1-2H3. The minimum Gasteiger partial charge on any atom is -0.496 e. The maximum Gasteiger partial charge on any atom is 0.268 e. The molecule has 2 amide bonds. The Balaban J connectivity index is 1.94. The molecule has 0 unspecified atom stereocenters. The molecule has 0 radical (unpaired) electrons. The zero-order chi connectivity index (χ0) is 20.8. The number of para-hydroxylation sites is 1. The van der Waals surface area contributed by atoms with Crippen molar-refractivity contribution in [1.82, 2.24) is 4.90 Å². The number of ether oxygens (including phenoxy) is 2. The number of thioether (sulfide) groups is 1. The van der Waals surface area contributed by atoms with Gasteiger partial charge in [-0.2, -0.15) is 0 Å². The highest BCUT2D eigenvalue weighted by Gasteiger charge is 2.39. The Bertz CT molecular complexity index is 923. The molecule has 0 saturated heterocycles. The average Bonchev–Trinajstić information content (AvgIpc) is 2.97. The number of hydrogen-bond donors (Lipinski definition) is 1. The molecule has 2 aromatic rings. The SMILES string of the molecule is CCOc1ccc(C2=C(SCCO)C(=O)N(Cc3ccccc3OC)C2=O)cc1. The summed E-state index contributed by atoms with van der Waals surface area (Å²) in [7, 11) is 1.55. The number of carbonyl (C=O) groups excluding carboxylic acids is 2. The van der Waals surface area contributed by atoms with Gasteiger partial charge in [0.2, 0.25) is 0 Å². The number of rotatable bonds is 9. The summed E-state index contributed by atoms with van der Waals surface area (Å²) in [5.41, 5.74) is 1.75. The molecule has 0 bridgehead atoms. The van der Waals surface area contributed by atoms with Gasteiger partial charge in [-0.3, -0.25) is 14.5 Å². The number of carbonyl (C=O) groups is 2. The molecule has 6 nitrogen and oxygen atoms in total. The largest absolute Gasteiger partial charge is 0.496 e. The van der Waals surface area contributed by atoms with Crippen molar-refractivity contribution in [1.29, 1.82) is 0 Å². The van der Waals surface area contributed by atoms with E-state index in [-0.39, 0.29) is 25.0 Å². The normalized spacial score (nSPS) is 14.0. The van der Waals surface area contributed by atoms with E-state index in [4.69, 9.17) is 9.47 Å². The van der Waals surface area contributed by atoms with Gasteiger partial charge in [-0.15, -0.1) is 11.8 Å². The Hall–Kier alpha value is -2.77. The van der Waals surface area contributed by atoms with Crippen LogP contribution in [0.5, 0.6) is 11.5 Å². The van der Waals surface area contributed by atoms with E-state index in [2.05, 4.69) is 0 Å². The lowest BCUT2D eigenvalue weighted by Gasteiger charge is -2.17. The molecule has 0 atom stereocenters. The van der Waals surface area contributed by atoms with Crippen LogP contribution in [0.15, 0.2) is 53.4 Å². The smallest absolute Gasteiger partial charge is 0.268 e. The third-order valence-electron chi connectivity index (χ3n) is 4.44. The molecule has 1 aliphatic rings. The van der Waals surface area contributed by atoms with Crippen LogP contribution in [-0.4, -0.2) is 47.9 Å². The molecule has 29 heavy (non-hydrogen) atoms. The van der Waals surface area contributed by atoms with Gasteiger partial charge >= 0.3 is 0 Å². The summed E-state index contributed by atoms with van der Waals surface area (Å²) in [6.45, 7) is 2.48. The number of nitrogens with zero attached hydrogens (tertiary/aromatic N) is 1. The van der Waals surface area contributed by atoms with Crippen molar-refractivity contribution >= 4 is 29.1 Å². The first-order chi connectivity index (χ1) is 14.1. The van der Waals surface area contributed by atoms with Crippen molar-refractivity contribution in [2.24, 2.45) is 0 Å². The maximum absolute atomic E-state index is 13.2. The fraction of sp³-hybridized carbons (Fsp3) is 0.273. The Kier molecular flexibility index (Phi) is 6.95. The molecule has 152 valence electrons. The Labute approximate surface area is 174 Å². The number of benzene rings is 2.